The number of hydrogen-bond acceptors (Lipinski definition) is 3. The molecule has 0 heterocycles. The summed E-state index contributed by atoms with van der Waals surface area (Å²) in [6.07, 6.45) is 2.05. The third-order valence-electron chi connectivity index (χ3n) is 4.72. The molecule has 1 atom stereocenters. The molecule has 3 heteroatoms. The van der Waals surface area contributed by atoms with Crippen LogP contribution in [-0.4, -0.2) is 10.9 Å². The number of hydrogen-bond donors (Lipinski definition) is 1. The van der Waals surface area contributed by atoms with Gasteiger partial charge < -0.3 is 5.11 Å². The molecular formula is C23H18O2S. The summed E-state index contributed by atoms with van der Waals surface area (Å²) in [5.41, 5.74) is 1.21. The van der Waals surface area contributed by atoms with Gasteiger partial charge in [-0.25, -0.2) is 0 Å². The molecule has 3 aromatic rings. The van der Waals surface area contributed by atoms with E-state index in [2.05, 4.69) is 6.58 Å². The molecule has 0 aromatic heterocycles. The Labute approximate surface area is 157 Å². The van der Waals surface area contributed by atoms with Crippen LogP contribution in [0.4, 0.5) is 0 Å². The maximum absolute atomic E-state index is 13.1. The van der Waals surface area contributed by atoms with Gasteiger partial charge in [-0.05, 0) is 35.4 Å². The molecule has 0 bridgehead atoms. The van der Waals surface area contributed by atoms with Crippen LogP contribution in [0.25, 0.3) is 0 Å². The van der Waals surface area contributed by atoms with Crippen LogP contribution in [0.2, 0.25) is 0 Å². The monoisotopic (exact) mass is 358 g/mol. The molecule has 0 fully saturated rings. The fraction of sp³-hybridized carbons (Fsp3) is 0.0870. The molecule has 0 spiro atoms. The van der Waals surface area contributed by atoms with Crippen molar-refractivity contribution in [3.8, 4) is 0 Å². The summed E-state index contributed by atoms with van der Waals surface area (Å²) in [5, 5.41) is 11.4. The van der Waals surface area contributed by atoms with Crippen molar-refractivity contribution in [1.29, 1.82) is 0 Å². The smallest absolute Gasteiger partial charge is 0.193 e. The van der Waals surface area contributed by atoms with E-state index in [1.807, 2.05) is 66.7 Å². The van der Waals surface area contributed by atoms with Crippen LogP contribution in [0.5, 0.6) is 0 Å². The van der Waals surface area contributed by atoms with Gasteiger partial charge in [0.15, 0.2) is 5.78 Å². The number of rotatable bonds is 4. The molecule has 0 amide bonds. The lowest BCUT2D eigenvalue weighted by molar-refractivity contribution is 0.0744. The number of benzene rings is 3. The maximum atomic E-state index is 13.1. The molecule has 1 unspecified atom stereocenters. The Morgan fingerprint density at radius 3 is 2.35 bits per heavy atom. The van der Waals surface area contributed by atoms with Crippen molar-refractivity contribution in [2.24, 2.45) is 0 Å². The van der Waals surface area contributed by atoms with Gasteiger partial charge in [-0.2, -0.15) is 0 Å². The van der Waals surface area contributed by atoms with Gasteiger partial charge in [-0.15, -0.1) is 6.58 Å². The summed E-state index contributed by atoms with van der Waals surface area (Å²) in [5.74, 6) is -0.0418. The summed E-state index contributed by atoms with van der Waals surface area (Å²) in [6.45, 7) is 3.79. The molecule has 4 rings (SSSR count). The molecule has 0 saturated carbocycles. The van der Waals surface area contributed by atoms with E-state index in [0.29, 0.717) is 28.7 Å². The van der Waals surface area contributed by atoms with Crippen LogP contribution >= 0.6 is 11.8 Å². The van der Waals surface area contributed by atoms with E-state index in [1.165, 1.54) is 0 Å². The van der Waals surface area contributed by atoms with Gasteiger partial charge in [0, 0.05) is 27.3 Å². The van der Waals surface area contributed by atoms with Gasteiger partial charge in [-0.1, -0.05) is 66.4 Å². The van der Waals surface area contributed by atoms with E-state index >= 15 is 0 Å². The standard InChI is InChI=1S/C23H18O2S/c1-2-14-23(25)20-11-7-6-10-18(20)22(24)19-15-17(12-13-21(19)23)26-16-8-4-3-5-9-16/h2-13,15,25H,1,14H2. The molecule has 0 saturated heterocycles. The van der Waals surface area contributed by atoms with Crippen LogP contribution < -0.4 is 0 Å². The summed E-state index contributed by atoms with van der Waals surface area (Å²) < 4.78 is 0. The Kier molecular flexibility index (Phi) is 4.27. The first-order valence-electron chi connectivity index (χ1n) is 8.48. The SMILES string of the molecule is C=CCC1(O)c2ccccc2C(=O)c2cc(Sc3ccccc3)ccc21. The van der Waals surface area contributed by atoms with E-state index < -0.39 is 5.60 Å². The summed E-state index contributed by atoms with van der Waals surface area (Å²) in [6, 6.07) is 23.1. The molecule has 26 heavy (non-hydrogen) atoms. The molecule has 128 valence electrons. The number of fused-ring (bicyclic) bond motifs is 2. The Balaban J connectivity index is 1.84. The van der Waals surface area contributed by atoms with Gasteiger partial charge in [0.1, 0.15) is 5.60 Å². The molecule has 1 aliphatic carbocycles. The summed E-state index contributed by atoms with van der Waals surface area (Å²) >= 11 is 1.60. The highest BCUT2D eigenvalue weighted by atomic mass is 32.2. The topological polar surface area (TPSA) is 37.3 Å². The van der Waals surface area contributed by atoms with Crippen molar-refractivity contribution in [2.75, 3.05) is 0 Å². The quantitative estimate of drug-likeness (QED) is 0.652. The van der Waals surface area contributed by atoms with E-state index in [-0.39, 0.29) is 5.78 Å². The van der Waals surface area contributed by atoms with Crippen molar-refractivity contribution in [2.45, 2.75) is 21.8 Å². The minimum absolute atomic E-state index is 0.0418. The van der Waals surface area contributed by atoms with Crippen LogP contribution in [0.15, 0.2) is 95.2 Å². The molecule has 2 nitrogen and oxygen atoms in total. The van der Waals surface area contributed by atoms with Gasteiger partial charge in [0.25, 0.3) is 0 Å². The molecule has 0 aliphatic heterocycles. The second kappa shape index (κ2) is 6.60. The van der Waals surface area contributed by atoms with E-state index in [9.17, 15) is 9.90 Å². The minimum Gasteiger partial charge on any atom is -0.380 e. The van der Waals surface area contributed by atoms with Gasteiger partial charge >= 0.3 is 0 Å². The fourth-order valence-electron chi connectivity index (χ4n) is 3.52. The zero-order valence-electron chi connectivity index (χ0n) is 14.2. The van der Waals surface area contributed by atoms with Gasteiger partial charge in [0.05, 0.1) is 0 Å². The lowest BCUT2D eigenvalue weighted by atomic mass is 9.72. The Morgan fingerprint density at radius 2 is 1.58 bits per heavy atom. The predicted octanol–water partition coefficient (Wildman–Crippen LogP) is 5.19. The lowest BCUT2D eigenvalue weighted by Gasteiger charge is -2.35. The number of aliphatic hydroxyl groups is 1. The Bertz CT molecular complexity index is 994. The Hall–Kier alpha value is -2.62. The Morgan fingerprint density at radius 1 is 0.885 bits per heavy atom. The highest BCUT2D eigenvalue weighted by Gasteiger charge is 2.41. The lowest BCUT2D eigenvalue weighted by Crippen LogP contribution is -2.35. The van der Waals surface area contributed by atoms with E-state index in [4.69, 9.17) is 0 Å². The third-order valence-corrected chi connectivity index (χ3v) is 5.71. The first-order chi connectivity index (χ1) is 12.6. The highest BCUT2D eigenvalue weighted by Crippen LogP contribution is 2.43. The number of carbonyl (C=O) groups is 1. The average molecular weight is 358 g/mol. The second-order valence-electron chi connectivity index (χ2n) is 6.35. The summed E-state index contributed by atoms with van der Waals surface area (Å²) in [7, 11) is 0. The molecular weight excluding hydrogens is 340 g/mol. The zero-order valence-corrected chi connectivity index (χ0v) is 15.0. The maximum Gasteiger partial charge on any atom is 0.193 e. The van der Waals surface area contributed by atoms with Gasteiger partial charge in [0.2, 0.25) is 0 Å². The number of ketones is 1. The van der Waals surface area contributed by atoms with Crippen molar-refractivity contribution in [3.05, 3.63) is 108 Å². The molecule has 1 N–H and O–H groups in total. The molecule has 3 aromatic carbocycles. The molecule has 0 radical (unpaired) electrons. The minimum atomic E-state index is -1.22. The normalized spacial score (nSPS) is 18.1. The molecule has 1 aliphatic rings. The van der Waals surface area contributed by atoms with Crippen LogP contribution in [0, 0.1) is 0 Å². The summed E-state index contributed by atoms with van der Waals surface area (Å²) in [4.78, 5) is 15.1. The highest BCUT2D eigenvalue weighted by molar-refractivity contribution is 7.99. The first kappa shape index (κ1) is 16.8. The van der Waals surface area contributed by atoms with Crippen molar-refractivity contribution in [3.63, 3.8) is 0 Å². The van der Waals surface area contributed by atoms with Crippen molar-refractivity contribution >= 4 is 17.5 Å². The van der Waals surface area contributed by atoms with Crippen molar-refractivity contribution < 1.29 is 9.90 Å². The van der Waals surface area contributed by atoms with Crippen molar-refractivity contribution in [1.82, 2.24) is 0 Å². The van der Waals surface area contributed by atoms with E-state index in [0.717, 1.165) is 9.79 Å². The first-order valence-corrected chi connectivity index (χ1v) is 9.30. The third kappa shape index (κ3) is 2.70. The van der Waals surface area contributed by atoms with Crippen LogP contribution in [-0.2, 0) is 5.60 Å². The van der Waals surface area contributed by atoms with E-state index in [1.54, 1.807) is 23.9 Å². The average Bonchev–Trinajstić information content (AvgIpc) is 2.67. The largest absolute Gasteiger partial charge is 0.380 e. The number of carbonyl (C=O) groups excluding carboxylic acids is 1. The van der Waals surface area contributed by atoms with Crippen LogP contribution in [0.3, 0.4) is 0 Å². The second-order valence-corrected chi connectivity index (χ2v) is 7.50. The van der Waals surface area contributed by atoms with Crippen LogP contribution in [0.1, 0.15) is 33.5 Å². The zero-order chi connectivity index (χ0) is 18.1. The predicted molar refractivity (Wildman–Crippen MR) is 105 cm³/mol. The van der Waals surface area contributed by atoms with Gasteiger partial charge in [-0.3, -0.25) is 4.79 Å². The fourth-order valence-corrected chi connectivity index (χ4v) is 4.40.